The fourth-order valence-corrected chi connectivity index (χ4v) is 3.91. The third-order valence-corrected chi connectivity index (χ3v) is 5.33. The average Bonchev–Trinajstić information content (AvgIpc) is 3.03. The number of hydrogen-bond acceptors (Lipinski definition) is 3. The summed E-state index contributed by atoms with van der Waals surface area (Å²) in [7, 11) is 0. The molecule has 3 aromatic heterocycles. The van der Waals surface area contributed by atoms with Crippen molar-refractivity contribution in [3.8, 4) is 16.9 Å². The van der Waals surface area contributed by atoms with Gasteiger partial charge in [-0.2, -0.15) is 5.10 Å². The summed E-state index contributed by atoms with van der Waals surface area (Å²) in [6, 6.07) is 16.7. The monoisotopic (exact) mass is 382 g/mol. The number of para-hydroxylation sites is 1. The summed E-state index contributed by atoms with van der Waals surface area (Å²) >= 11 is 0. The molecule has 0 saturated heterocycles. The second-order valence-corrected chi connectivity index (χ2v) is 7.27. The van der Waals surface area contributed by atoms with Crippen LogP contribution in [0.2, 0.25) is 0 Å². The van der Waals surface area contributed by atoms with Gasteiger partial charge >= 0.3 is 0 Å². The van der Waals surface area contributed by atoms with E-state index < -0.39 is 0 Å². The first-order valence-corrected chi connectivity index (χ1v) is 9.51. The molecule has 0 unspecified atom stereocenters. The van der Waals surface area contributed by atoms with E-state index in [1.54, 1.807) is 12.1 Å². The van der Waals surface area contributed by atoms with E-state index in [1.807, 2.05) is 68.0 Å². The van der Waals surface area contributed by atoms with Gasteiger partial charge in [0.05, 0.1) is 28.1 Å². The van der Waals surface area contributed by atoms with Gasteiger partial charge in [-0.3, -0.25) is 4.98 Å². The van der Waals surface area contributed by atoms with E-state index in [2.05, 4.69) is 4.98 Å². The first-order valence-electron chi connectivity index (χ1n) is 9.51. The van der Waals surface area contributed by atoms with Crippen LogP contribution in [0.15, 0.2) is 60.8 Å². The Morgan fingerprint density at radius 2 is 1.66 bits per heavy atom. The first-order chi connectivity index (χ1) is 14.0. The third-order valence-electron chi connectivity index (χ3n) is 5.33. The Labute approximate surface area is 167 Å². The second-order valence-electron chi connectivity index (χ2n) is 7.27. The quantitative estimate of drug-likeness (QED) is 0.393. The van der Waals surface area contributed by atoms with Crippen LogP contribution < -0.4 is 0 Å². The van der Waals surface area contributed by atoms with Gasteiger partial charge in [-0.1, -0.05) is 30.3 Å². The van der Waals surface area contributed by atoms with Crippen molar-refractivity contribution in [3.05, 3.63) is 83.6 Å². The molecule has 0 bridgehead atoms. The molecule has 5 aromatic rings. The molecule has 5 rings (SSSR count). The minimum Gasteiger partial charge on any atom is -0.261 e. The third kappa shape index (κ3) is 2.70. The molecule has 0 N–H and O–H groups in total. The number of aryl methyl sites for hydroxylation is 2. The van der Waals surface area contributed by atoms with Gasteiger partial charge in [0.15, 0.2) is 0 Å². The predicted octanol–water partition coefficient (Wildman–Crippen LogP) is 5.70. The van der Waals surface area contributed by atoms with Crippen LogP contribution in [-0.4, -0.2) is 19.7 Å². The number of nitrogens with zero attached hydrogens (tertiary/aromatic N) is 4. The standard InChI is InChI=1S/C24H19FN4/c1-14-12-22-19(13-26-14)16(3)28-29(22)24-15(2)23(17-8-4-6-10-20(17)25)27-21-11-7-5-9-18(21)24/h4-13H,1-3H3. The number of halogens is 1. The zero-order chi connectivity index (χ0) is 20.1. The molecule has 3 heterocycles. The number of aromatic nitrogens is 4. The second kappa shape index (κ2) is 6.48. The highest BCUT2D eigenvalue weighted by Gasteiger charge is 2.20. The van der Waals surface area contributed by atoms with Crippen molar-refractivity contribution in [1.82, 2.24) is 19.7 Å². The SMILES string of the molecule is Cc1cc2c(cn1)c(C)nn2-c1c(C)c(-c2ccccc2F)nc2ccccc12. The van der Waals surface area contributed by atoms with Crippen LogP contribution >= 0.6 is 0 Å². The molecule has 0 aliphatic rings. The van der Waals surface area contributed by atoms with Gasteiger partial charge < -0.3 is 0 Å². The number of pyridine rings is 2. The van der Waals surface area contributed by atoms with Crippen LogP contribution in [0.25, 0.3) is 38.8 Å². The average molecular weight is 382 g/mol. The summed E-state index contributed by atoms with van der Waals surface area (Å²) in [5.74, 6) is -0.286. The maximum atomic E-state index is 14.6. The molecule has 0 saturated carbocycles. The molecule has 0 fully saturated rings. The molecule has 0 atom stereocenters. The highest BCUT2D eigenvalue weighted by atomic mass is 19.1. The minimum absolute atomic E-state index is 0.286. The predicted molar refractivity (Wildman–Crippen MR) is 114 cm³/mol. The summed E-state index contributed by atoms with van der Waals surface area (Å²) < 4.78 is 16.6. The summed E-state index contributed by atoms with van der Waals surface area (Å²) in [6.07, 6.45) is 1.86. The van der Waals surface area contributed by atoms with Crippen molar-refractivity contribution in [3.63, 3.8) is 0 Å². The first kappa shape index (κ1) is 17.5. The largest absolute Gasteiger partial charge is 0.261 e. The Morgan fingerprint density at radius 1 is 0.897 bits per heavy atom. The van der Waals surface area contributed by atoms with Crippen LogP contribution in [0, 0.1) is 26.6 Å². The van der Waals surface area contributed by atoms with Gasteiger partial charge in [0.1, 0.15) is 5.82 Å². The fraction of sp³-hybridized carbons (Fsp3) is 0.125. The molecule has 4 nitrogen and oxygen atoms in total. The van der Waals surface area contributed by atoms with Gasteiger partial charge in [-0.25, -0.2) is 14.1 Å². The van der Waals surface area contributed by atoms with Crippen LogP contribution in [0.1, 0.15) is 17.0 Å². The lowest BCUT2D eigenvalue weighted by atomic mass is 10.0. The molecule has 142 valence electrons. The highest BCUT2D eigenvalue weighted by Crippen LogP contribution is 2.35. The lowest BCUT2D eigenvalue weighted by molar-refractivity contribution is 0.630. The summed E-state index contributed by atoms with van der Waals surface area (Å²) in [5.41, 5.74) is 6.52. The van der Waals surface area contributed by atoms with Gasteiger partial charge in [-0.15, -0.1) is 0 Å². The van der Waals surface area contributed by atoms with Gasteiger partial charge in [-0.05, 0) is 45.0 Å². The smallest absolute Gasteiger partial charge is 0.132 e. The Bertz CT molecular complexity index is 1400. The summed E-state index contributed by atoms with van der Waals surface area (Å²) in [5, 5.41) is 6.80. The van der Waals surface area contributed by atoms with Gasteiger partial charge in [0.25, 0.3) is 0 Å². The van der Waals surface area contributed by atoms with Crippen molar-refractivity contribution in [2.24, 2.45) is 0 Å². The van der Waals surface area contributed by atoms with Crippen LogP contribution in [0.3, 0.4) is 0 Å². The molecule has 29 heavy (non-hydrogen) atoms. The van der Waals surface area contributed by atoms with Crippen LogP contribution in [0.4, 0.5) is 4.39 Å². The summed E-state index contributed by atoms with van der Waals surface area (Å²) in [6.45, 7) is 5.92. The molecule has 0 aliphatic heterocycles. The van der Waals surface area contributed by atoms with E-state index >= 15 is 0 Å². The van der Waals surface area contributed by atoms with E-state index in [9.17, 15) is 4.39 Å². The van der Waals surface area contributed by atoms with Crippen LogP contribution in [0.5, 0.6) is 0 Å². The van der Waals surface area contributed by atoms with Gasteiger partial charge in [0.2, 0.25) is 0 Å². The zero-order valence-corrected chi connectivity index (χ0v) is 16.4. The fourth-order valence-electron chi connectivity index (χ4n) is 3.91. The van der Waals surface area contributed by atoms with E-state index in [1.165, 1.54) is 6.07 Å². The van der Waals surface area contributed by atoms with Crippen molar-refractivity contribution in [2.75, 3.05) is 0 Å². The molecular weight excluding hydrogens is 363 g/mol. The maximum Gasteiger partial charge on any atom is 0.132 e. The number of hydrogen-bond donors (Lipinski definition) is 0. The molecular formula is C24H19FN4. The van der Waals surface area contributed by atoms with E-state index in [-0.39, 0.29) is 5.82 Å². The zero-order valence-electron chi connectivity index (χ0n) is 16.4. The molecule has 5 heteroatoms. The highest BCUT2D eigenvalue weighted by molar-refractivity contribution is 5.95. The molecule has 0 spiro atoms. The minimum atomic E-state index is -0.286. The topological polar surface area (TPSA) is 43.6 Å². The summed E-state index contributed by atoms with van der Waals surface area (Å²) in [4.78, 5) is 9.22. The van der Waals surface area contributed by atoms with E-state index in [0.29, 0.717) is 11.3 Å². The number of rotatable bonds is 2. The van der Waals surface area contributed by atoms with E-state index in [0.717, 1.165) is 44.4 Å². The van der Waals surface area contributed by atoms with Crippen molar-refractivity contribution >= 4 is 21.8 Å². The lowest BCUT2D eigenvalue weighted by Gasteiger charge is -2.16. The number of fused-ring (bicyclic) bond motifs is 2. The van der Waals surface area contributed by atoms with Crippen molar-refractivity contribution in [1.29, 1.82) is 0 Å². The van der Waals surface area contributed by atoms with Crippen molar-refractivity contribution < 1.29 is 4.39 Å². The molecule has 0 aliphatic carbocycles. The van der Waals surface area contributed by atoms with Crippen LogP contribution in [-0.2, 0) is 0 Å². The van der Waals surface area contributed by atoms with E-state index in [4.69, 9.17) is 10.1 Å². The molecule has 2 aromatic carbocycles. The normalized spacial score (nSPS) is 11.4. The Hall–Kier alpha value is -3.60. The Balaban J connectivity index is 1.93. The Kier molecular flexibility index (Phi) is 3.91. The number of benzene rings is 2. The maximum absolute atomic E-state index is 14.6. The van der Waals surface area contributed by atoms with Gasteiger partial charge in [0, 0.05) is 33.8 Å². The molecule has 0 radical (unpaired) electrons. The molecule has 0 amide bonds. The lowest BCUT2D eigenvalue weighted by Crippen LogP contribution is -2.05. The van der Waals surface area contributed by atoms with Crippen molar-refractivity contribution in [2.45, 2.75) is 20.8 Å². The Morgan fingerprint density at radius 3 is 2.48 bits per heavy atom.